The van der Waals surface area contributed by atoms with Crippen LogP contribution in [0.4, 0.5) is 22.0 Å². The zero-order valence-electron chi connectivity index (χ0n) is 16.0. The number of hydrogen-bond donors (Lipinski definition) is 2. The maximum Gasteiger partial charge on any atom is 0.471 e. The van der Waals surface area contributed by atoms with Crippen molar-refractivity contribution in [2.24, 2.45) is 0 Å². The first-order valence-corrected chi connectivity index (χ1v) is 10.9. The topological polar surface area (TPSA) is 75.3 Å². The third-order valence-electron chi connectivity index (χ3n) is 5.05. The molecule has 1 fully saturated rings. The summed E-state index contributed by atoms with van der Waals surface area (Å²) < 4.78 is 91.6. The van der Waals surface area contributed by atoms with Crippen molar-refractivity contribution in [3.05, 3.63) is 54.1 Å². The van der Waals surface area contributed by atoms with Gasteiger partial charge in [-0.3, -0.25) is 4.79 Å². The highest BCUT2D eigenvalue weighted by Crippen LogP contribution is 2.26. The van der Waals surface area contributed by atoms with E-state index in [4.69, 9.17) is 0 Å². The molecule has 168 valence electrons. The lowest BCUT2D eigenvalue weighted by molar-refractivity contribution is -0.174. The van der Waals surface area contributed by atoms with E-state index in [1.807, 2.05) is 5.32 Å². The number of carbonyl (C=O) groups excluding carboxylic acids is 1. The molecule has 0 bridgehead atoms. The van der Waals surface area contributed by atoms with E-state index < -0.39 is 45.8 Å². The van der Waals surface area contributed by atoms with Crippen molar-refractivity contribution in [2.45, 2.75) is 48.8 Å². The van der Waals surface area contributed by atoms with Crippen LogP contribution in [-0.2, 0) is 14.8 Å². The van der Waals surface area contributed by atoms with Crippen LogP contribution in [0.25, 0.3) is 11.1 Å². The first kappa shape index (κ1) is 23.1. The molecular formula is C20H19F5N2O3S. The fraction of sp³-hybridized carbons (Fsp3) is 0.350. The molecule has 2 aromatic rings. The van der Waals surface area contributed by atoms with E-state index in [2.05, 4.69) is 4.72 Å². The lowest BCUT2D eigenvalue weighted by Crippen LogP contribution is -2.47. The predicted octanol–water partition coefficient (Wildman–Crippen LogP) is 3.90. The molecule has 0 aliphatic heterocycles. The molecule has 1 aliphatic carbocycles. The molecule has 1 amide bonds. The van der Waals surface area contributed by atoms with Crippen LogP contribution >= 0.6 is 0 Å². The molecule has 11 heteroatoms. The van der Waals surface area contributed by atoms with Gasteiger partial charge in [0.25, 0.3) is 0 Å². The van der Waals surface area contributed by atoms with Crippen molar-refractivity contribution >= 4 is 15.9 Å². The Morgan fingerprint density at radius 3 is 2.03 bits per heavy atom. The van der Waals surface area contributed by atoms with Crippen LogP contribution in [0.5, 0.6) is 0 Å². The van der Waals surface area contributed by atoms with Gasteiger partial charge in [0.2, 0.25) is 10.0 Å². The number of rotatable bonds is 5. The van der Waals surface area contributed by atoms with Crippen LogP contribution in [0.1, 0.15) is 25.7 Å². The SMILES string of the molecule is O=C(NC1CCC(NS(=O)(=O)c2ccc(-c3ccc(F)cc3F)cc2)CC1)C(F)(F)F. The van der Waals surface area contributed by atoms with E-state index in [0.717, 1.165) is 12.1 Å². The van der Waals surface area contributed by atoms with Gasteiger partial charge in [-0.1, -0.05) is 12.1 Å². The van der Waals surface area contributed by atoms with Gasteiger partial charge in [0.15, 0.2) is 0 Å². The van der Waals surface area contributed by atoms with Crippen LogP contribution in [0.3, 0.4) is 0 Å². The summed E-state index contributed by atoms with van der Waals surface area (Å²) in [6, 6.07) is 7.29. The smallest absolute Gasteiger partial charge is 0.346 e. The van der Waals surface area contributed by atoms with Gasteiger partial charge in [0, 0.05) is 23.7 Å². The molecule has 1 aliphatic rings. The lowest BCUT2D eigenvalue weighted by Gasteiger charge is -2.29. The number of hydrogen-bond acceptors (Lipinski definition) is 3. The second-order valence-corrected chi connectivity index (χ2v) is 9.00. The average Bonchev–Trinajstić information content (AvgIpc) is 2.69. The summed E-state index contributed by atoms with van der Waals surface area (Å²) in [7, 11) is -3.91. The van der Waals surface area contributed by atoms with Gasteiger partial charge in [-0.15, -0.1) is 0 Å². The molecule has 5 nitrogen and oxygen atoms in total. The zero-order chi connectivity index (χ0) is 22.8. The molecule has 2 N–H and O–H groups in total. The van der Waals surface area contributed by atoms with Gasteiger partial charge in [-0.2, -0.15) is 13.2 Å². The normalized spacial score (nSPS) is 19.8. The molecule has 0 aromatic heterocycles. The van der Waals surface area contributed by atoms with Crippen LogP contribution < -0.4 is 10.0 Å². The number of amides is 1. The lowest BCUT2D eigenvalue weighted by atomic mass is 9.92. The summed E-state index contributed by atoms with van der Waals surface area (Å²) in [5.41, 5.74) is 0.495. The summed E-state index contributed by atoms with van der Waals surface area (Å²) >= 11 is 0. The Balaban J connectivity index is 1.61. The van der Waals surface area contributed by atoms with Gasteiger partial charge >= 0.3 is 12.1 Å². The summed E-state index contributed by atoms with van der Waals surface area (Å²) in [5, 5.41) is 1.91. The molecule has 0 radical (unpaired) electrons. The fourth-order valence-electron chi connectivity index (χ4n) is 3.45. The van der Waals surface area contributed by atoms with Gasteiger partial charge in [0.05, 0.1) is 4.90 Å². The van der Waals surface area contributed by atoms with E-state index in [1.54, 1.807) is 0 Å². The Hall–Kier alpha value is -2.53. The molecule has 0 heterocycles. The van der Waals surface area contributed by atoms with E-state index in [0.29, 0.717) is 5.56 Å². The van der Waals surface area contributed by atoms with Gasteiger partial charge in [-0.05, 0) is 55.5 Å². The highest BCUT2D eigenvalue weighted by atomic mass is 32.2. The van der Waals surface area contributed by atoms with Gasteiger partial charge < -0.3 is 5.32 Å². The van der Waals surface area contributed by atoms with Crippen LogP contribution in [0.2, 0.25) is 0 Å². The number of benzene rings is 2. The van der Waals surface area contributed by atoms with E-state index in [-0.39, 0.29) is 36.1 Å². The largest absolute Gasteiger partial charge is 0.471 e. The van der Waals surface area contributed by atoms with Crippen molar-refractivity contribution in [2.75, 3.05) is 0 Å². The molecular weight excluding hydrogens is 443 g/mol. The van der Waals surface area contributed by atoms with Gasteiger partial charge in [0.1, 0.15) is 11.6 Å². The minimum Gasteiger partial charge on any atom is -0.346 e. The summed E-state index contributed by atoms with van der Waals surface area (Å²) in [5.74, 6) is -3.50. The molecule has 1 saturated carbocycles. The van der Waals surface area contributed by atoms with Crippen LogP contribution in [-0.4, -0.2) is 32.6 Å². The van der Waals surface area contributed by atoms with Crippen molar-refractivity contribution in [3.8, 4) is 11.1 Å². The minimum absolute atomic E-state index is 0.0636. The third kappa shape index (κ3) is 5.79. The molecule has 3 rings (SSSR count). The molecule has 2 aromatic carbocycles. The predicted molar refractivity (Wildman–Crippen MR) is 102 cm³/mol. The molecule has 0 saturated heterocycles. The minimum atomic E-state index is -4.96. The fourth-order valence-corrected chi connectivity index (χ4v) is 4.75. The Kier molecular flexibility index (Phi) is 6.65. The maximum atomic E-state index is 13.9. The summed E-state index contributed by atoms with van der Waals surface area (Å²) in [6.45, 7) is 0. The molecule has 0 unspecified atom stereocenters. The zero-order valence-corrected chi connectivity index (χ0v) is 16.9. The van der Waals surface area contributed by atoms with E-state index in [9.17, 15) is 35.2 Å². The third-order valence-corrected chi connectivity index (χ3v) is 6.58. The molecule has 0 atom stereocenters. The first-order chi connectivity index (χ1) is 14.5. The van der Waals surface area contributed by atoms with Crippen LogP contribution in [0, 0.1) is 11.6 Å². The molecule has 31 heavy (non-hydrogen) atoms. The van der Waals surface area contributed by atoms with Crippen molar-refractivity contribution in [1.29, 1.82) is 0 Å². The number of alkyl halides is 3. The molecule has 0 spiro atoms. The summed E-state index contributed by atoms with van der Waals surface area (Å²) in [4.78, 5) is 10.9. The van der Waals surface area contributed by atoms with Crippen molar-refractivity contribution < 1.29 is 35.2 Å². The number of halogens is 5. The van der Waals surface area contributed by atoms with Crippen molar-refractivity contribution in [1.82, 2.24) is 10.0 Å². The number of sulfonamides is 1. The summed E-state index contributed by atoms with van der Waals surface area (Å²) in [6.07, 6.45) is -4.02. The Morgan fingerprint density at radius 2 is 1.48 bits per heavy atom. The standard InChI is InChI=1S/C20H19F5N2O3S/c21-13-3-10-17(18(22)11-13)12-1-8-16(9-2-12)31(29,30)27-15-6-4-14(5-7-15)26-19(28)20(23,24)25/h1-3,8-11,14-15,27H,4-7H2,(H,26,28). The van der Waals surface area contributed by atoms with Crippen LogP contribution in [0.15, 0.2) is 47.4 Å². The monoisotopic (exact) mass is 462 g/mol. The Morgan fingerprint density at radius 1 is 0.903 bits per heavy atom. The second kappa shape index (κ2) is 8.91. The highest BCUT2D eigenvalue weighted by Gasteiger charge is 2.40. The second-order valence-electron chi connectivity index (χ2n) is 7.29. The number of carbonyl (C=O) groups is 1. The maximum absolute atomic E-state index is 13.9. The number of nitrogens with one attached hydrogen (secondary N) is 2. The quantitative estimate of drug-likeness (QED) is 0.662. The van der Waals surface area contributed by atoms with E-state index >= 15 is 0 Å². The Bertz CT molecular complexity index is 1050. The van der Waals surface area contributed by atoms with Gasteiger partial charge in [-0.25, -0.2) is 21.9 Å². The van der Waals surface area contributed by atoms with E-state index in [1.165, 1.54) is 30.3 Å². The Labute approximate surface area is 175 Å². The average molecular weight is 462 g/mol. The highest BCUT2D eigenvalue weighted by molar-refractivity contribution is 7.89. The first-order valence-electron chi connectivity index (χ1n) is 9.41. The van der Waals surface area contributed by atoms with Crippen molar-refractivity contribution in [3.63, 3.8) is 0 Å².